The second-order valence-electron chi connectivity index (χ2n) is 4.76. The number of nitrogens with two attached hydrogens (primary N) is 1. The van der Waals surface area contributed by atoms with Crippen LogP contribution in [0.5, 0.6) is 0 Å². The third-order valence-electron chi connectivity index (χ3n) is 2.97. The van der Waals surface area contributed by atoms with E-state index in [9.17, 15) is 13.2 Å². The van der Waals surface area contributed by atoms with Gasteiger partial charge in [0.1, 0.15) is 4.90 Å². The van der Waals surface area contributed by atoms with Crippen LogP contribution < -0.4 is 11.1 Å². The molecule has 2 rings (SSSR count). The highest BCUT2D eigenvalue weighted by Gasteiger charge is 2.29. The van der Waals surface area contributed by atoms with Crippen molar-refractivity contribution in [3.63, 3.8) is 0 Å². The lowest BCUT2D eigenvalue weighted by Crippen LogP contribution is -2.39. The van der Waals surface area contributed by atoms with Gasteiger partial charge >= 0.3 is 0 Å². The highest BCUT2D eigenvalue weighted by atomic mass is 35.5. The van der Waals surface area contributed by atoms with Crippen LogP contribution in [0.3, 0.4) is 0 Å². The van der Waals surface area contributed by atoms with Crippen LogP contribution in [0.25, 0.3) is 0 Å². The van der Waals surface area contributed by atoms with Gasteiger partial charge in [-0.1, -0.05) is 17.7 Å². The van der Waals surface area contributed by atoms with Crippen LogP contribution in [0.2, 0.25) is 5.02 Å². The first-order valence-corrected chi connectivity index (χ1v) is 7.94. The van der Waals surface area contributed by atoms with Gasteiger partial charge in [-0.3, -0.25) is 4.79 Å². The number of rotatable bonds is 5. The molecule has 1 saturated carbocycles. The normalized spacial score (nSPS) is 15.3. The molecule has 0 aromatic heterocycles. The van der Waals surface area contributed by atoms with E-state index in [0.29, 0.717) is 0 Å². The van der Waals surface area contributed by atoms with E-state index in [0.717, 1.165) is 17.1 Å². The quantitative estimate of drug-likeness (QED) is 0.786. The molecule has 1 aromatic rings. The largest absolute Gasteiger partial charge is 0.398 e. The fraction of sp³-hybridized carbons (Fsp3) is 0.417. The fourth-order valence-corrected chi connectivity index (χ4v) is 3.50. The second-order valence-corrected chi connectivity index (χ2v) is 7.15. The molecule has 1 aliphatic rings. The molecule has 0 bridgehead atoms. The number of likely N-dealkylation sites (N-methyl/N-ethyl adjacent to an activating group) is 1. The molecular weight excluding hydrogens is 302 g/mol. The van der Waals surface area contributed by atoms with E-state index in [1.54, 1.807) is 6.07 Å². The molecule has 1 aliphatic carbocycles. The summed E-state index contributed by atoms with van der Waals surface area (Å²) < 4.78 is 25.7. The van der Waals surface area contributed by atoms with Crippen LogP contribution in [0.4, 0.5) is 5.69 Å². The zero-order chi connectivity index (χ0) is 14.9. The maximum Gasteiger partial charge on any atom is 0.246 e. The Morgan fingerprint density at radius 1 is 1.50 bits per heavy atom. The number of amides is 1. The summed E-state index contributed by atoms with van der Waals surface area (Å²) in [6.45, 7) is -0.260. The van der Waals surface area contributed by atoms with Crippen LogP contribution in [-0.4, -0.2) is 38.3 Å². The number of nitrogens with zero attached hydrogens (tertiary/aromatic N) is 1. The summed E-state index contributed by atoms with van der Waals surface area (Å²) in [5.41, 5.74) is 5.74. The number of halogens is 1. The van der Waals surface area contributed by atoms with Gasteiger partial charge in [-0.15, -0.1) is 0 Å². The molecule has 8 heteroatoms. The Kier molecular flexibility index (Phi) is 4.22. The Morgan fingerprint density at radius 3 is 2.70 bits per heavy atom. The number of nitrogen functional groups attached to an aromatic ring is 1. The molecule has 0 heterocycles. The molecule has 1 aromatic carbocycles. The summed E-state index contributed by atoms with van der Waals surface area (Å²) in [5, 5.41) is 2.77. The average Bonchev–Trinajstić information content (AvgIpc) is 3.11. The van der Waals surface area contributed by atoms with Crippen LogP contribution >= 0.6 is 11.6 Å². The van der Waals surface area contributed by atoms with E-state index in [-0.39, 0.29) is 34.1 Å². The molecule has 1 amide bonds. The molecule has 110 valence electrons. The fourth-order valence-electron chi connectivity index (χ4n) is 1.74. The summed E-state index contributed by atoms with van der Waals surface area (Å²) >= 11 is 5.90. The predicted octanol–water partition coefficient (Wildman–Crippen LogP) is 0.821. The number of carbonyl (C=O) groups is 1. The Morgan fingerprint density at radius 2 is 2.15 bits per heavy atom. The van der Waals surface area contributed by atoms with Crippen molar-refractivity contribution < 1.29 is 13.2 Å². The van der Waals surface area contributed by atoms with Gasteiger partial charge < -0.3 is 11.1 Å². The van der Waals surface area contributed by atoms with Crippen molar-refractivity contribution in [3.8, 4) is 0 Å². The summed E-state index contributed by atoms with van der Waals surface area (Å²) in [7, 11) is -2.57. The van der Waals surface area contributed by atoms with E-state index in [2.05, 4.69) is 5.32 Å². The lowest BCUT2D eigenvalue weighted by Gasteiger charge is -2.18. The number of hydrogen-bond acceptors (Lipinski definition) is 4. The highest BCUT2D eigenvalue weighted by Crippen LogP contribution is 2.29. The molecule has 0 unspecified atom stereocenters. The number of hydrogen-bond donors (Lipinski definition) is 2. The number of benzene rings is 1. The first-order chi connectivity index (χ1) is 9.32. The van der Waals surface area contributed by atoms with E-state index < -0.39 is 10.0 Å². The average molecular weight is 318 g/mol. The van der Waals surface area contributed by atoms with Gasteiger partial charge in [0.2, 0.25) is 15.9 Å². The molecule has 0 saturated heterocycles. The van der Waals surface area contributed by atoms with Crippen molar-refractivity contribution in [1.82, 2.24) is 9.62 Å². The molecule has 1 fully saturated rings. The zero-order valence-corrected chi connectivity index (χ0v) is 12.5. The van der Waals surface area contributed by atoms with E-state index in [4.69, 9.17) is 17.3 Å². The van der Waals surface area contributed by atoms with Crippen LogP contribution in [0.1, 0.15) is 12.8 Å². The molecular formula is C12H16ClN3O3S. The van der Waals surface area contributed by atoms with Gasteiger partial charge in [-0.25, -0.2) is 8.42 Å². The summed E-state index contributed by atoms with van der Waals surface area (Å²) in [6.07, 6.45) is 1.89. The summed E-state index contributed by atoms with van der Waals surface area (Å²) in [5.74, 6) is -0.329. The van der Waals surface area contributed by atoms with E-state index in [1.807, 2.05) is 0 Å². The highest BCUT2D eigenvalue weighted by molar-refractivity contribution is 7.89. The summed E-state index contributed by atoms with van der Waals surface area (Å²) in [4.78, 5) is 11.5. The van der Waals surface area contributed by atoms with Crippen molar-refractivity contribution in [1.29, 1.82) is 0 Å². The smallest absolute Gasteiger partial charge is 0.246 e. The van der Waals surface area contributed by atoms with Crippen LogP contribution in [-0.2, 0) is 14.8 Å². The lowest BCUT2D eigenvalue weighted by molar-refractivity contribution is -0.121. The summed E-state index contributed by atoms with van der Waals surface area (Å²) in [6, 6.07) is 4.65. The molecule has 3 N–H and O–H groups in total. The maximum absolute atomic E-state index is 12.4. The Labute approximate surface area is 122 Å². The minimum absolute atomic E-state index is 0.0412. The van der Waals surface area contributed by atoms with Crippen LogP contribution in [0, 0.1) is 0 Å². The minimum Gasteiger partial charge on any atom is -0.398 e. The SMILES string of the molecule is CN(CC(=O)NC1CC1)S(=O)(=O)c1c(N)cccc1Cl. The van der Waals surface area contributed by atoms with Crippen LogP contribution in [0.15, 0.2) is 23.1 Å². The minimum atomic E-state index is -3.90. The number of anilines is 1. The van der Waals surface area contributed by atoms with Gasteiger partial charge in [-0.2, -0.15) is 4.31 Å². The third-order valence-corrected chi connectivity index (χ3v) is 5.32. The lowest BCUT2D eigenvalue weighted by atomic mass is 10.3. The number of nitrogens with one attached hydrogen (secondary N) is 1. The molecule has 0 aliphatic heterocycles. The molecule has 20 heavy (non-hydrogen) atoms. The Bertz CT molecular complexity index is 609. The maximum atomic E-state index is 12.4. The Balaban J connectivity index is 2.18. The zero-order valence-electron chi connectivity index (χ0n) is 11.0. The van der Waals surface area contributed by atoms with Gasteiger partial charge in [-0.05, 0) is 25.0 Å². The monoisotopic (exact) mass is 317 g/mol. The number of sulfonamides is 1. The predicted molar refractivity (Wildman–Crippen MR) is 76.8 cm³/mol. The van der Waals surface area contributed by atoms with Crippen molar-refractivity contribution >= 4 is 33.2 Å². The van der Waals surface area contributed by atoms with Crippen molar-refractivity contribution in [2.45, 2.75) is 23.8 Å². The van der Waals surface area contributed by atoms with Crippen molar-refractivity contribution in [2.75, 3.05) is 19.3 Å². The topological polar surface area (TPSA) is 92.5 Å². The second kappa shape index (κ2) is 5.59. The molecule has 6 nitrogen and oxygen atoms in total. The van der Waals surface area contributed by atoms with Gasteiger partial charge in [0, 0.05) is 13.1 Å². The van der Waals surface area contributed by atoms with E-state index in [1.165, 1.54) is 19.2 Å². The number of carbonyl (C=O) groups excluding carboxylic acids is 1. The van der Waals surface area contributed by atoms with E-state index >= 15 is 0 Å². The third kappa shape index (κ3) is 3.23. The van der Waals surface area contributed by atoms with Gasteiger partial charge in [0.15, 0.2) is 0 Å². The molecule has 0 spiro atoms. The molecule has 0 atom stereocenters. The van der Waals surface area contributed by atoms with Gasteiger partial charge in [0.25, 0.3) is 0 Å². The first kappa shape index (κ1) is 15.1. The van der Waals surface area contributed by atoms with Gasteiger partial charge in [0.05, 0.1) is 17.3 Å². The standard InChI is InChI=1S/C12H16ClN3O3S/c1-16(7-11(17)15-8-5-6-8)20(18,19)12-9(13)3-2-4-10(12)14/h2-4,8H,5-7,14H2,1H3,(H,15,17). The van der Waals surface area contributed by atoms with Crippen molar-refractivity contribution in [2.24, 2.45) is 0 Å². The molecule has 0 radical (unpaired) electrons. The van der Waals surface area contributed by atoms with Crippen molar-refractivity contribution in [3.05, 3.63) is 23.2 Å². The Hall–Kier alpha value is -1.31. The first-order valence-electron chi connectivity index (χ1n) is 6.12.